The van der Waals surface area contributed by atoms with E-state index in [0.717, 1.165) is 22.3 Å². The molecule has 0 saturated heterocycles. The molecule has 1 aliphatic carbocycles. The highest BCUT2D eigenvalue weighted by atomic mass is 16.5. The molecule has 0 saturated carbocycles. The molecule has 2 amide bonds. The van der Waals surface area contributed by atoms with Gasteiger partial charge in [-0.05, 0) is 40.8 Å². The molecule has 1 unspecified atom stereocenters. The van der Waals surface area contributed by atoms with Crippen molar-refractivity contribution < 1.29 is 29.0 Å². The van der Waals surface area contributed by atoms with Gasteiger partial charge in [-0.1, -0.05) is 60.7 Å². The summed E-state index contributed by atoms with van der Waals surface area (Å²) in [4.78, 5) is 36.6. The van der Waals surface area contributed by atoms with Crippen LogP contribution < -0.4 is 10.6 Å². The van der Waals surface area contributed by atoms with E-state index in [1.807, 2.05) is 36.4 Å². The summed E-state index contributed by atoms with van der Waals surface area (Å²) in [6.07, 6.45) is -1.72. The number of hydrogen-bond acceptors (Lipinski definition) is 5. The van der Waals surface area contributed by atoms with Gasteiger partial charge >= 0.3 is 12.1 Å². The number of carboxylic acid groups (broad SMARTS) is 1. The van der Waals surface area contributed by atoms with Gasteiger partial charge in [0.15, 0.2) is 6.10 Å². The van der Waals surface area contributed by atoms with Crippen molar-refractivity contribution in [1.29, 1.82) is 0 Å². The van der Waals surface area contributed by atoms with E-state index >= 15 is 0 Å². The van der Waals surface area contributed by atoms with E-state index in [-0.39, 0.29) is 30.3 Å². The molecule has 35 heavy (non-hydrogen) atoms. The molecule has 1 aliphatic rings. The molecule has 0 spiro atoms. The van der Waals surface area contributed by atoms with Crippen LogP contribution in [0, 0.1) is 6.92 Å². The summed E-state index contributed by atoms with van der Waals surface area (Å²) < 4.78 is 10.7. The van der Waals surface area contributed by atoms with Gasteiger partial charge in [-0.3, -0.25) is 4.79 Å². The molecule has 1 atom stereocenters. The molecule has 3 N–H and O–H groups in total. The van der Waals surface area contributed by atoms with Crippen molar-refractivity contribution in [1.82, 2.24) is 5.32 Å². The molecule has 0 bridgehead atoms. The maximum Gasteiger partial charge on any atom is 0.407 e. The molecule has 0 radical (unpaired) electrons. The standard InChI is InChI=1S/C27H26N2O6/c1-16-8-7-13-22(24(16)26(31)32)29-25(30)23(34-2)14-28-27(33)35-15-21-19-11-5-3-9-17(19)18-10-4-6-12-20(18)21/h3-13,21,23H,14-15H2,1-2H3,(H,28,33)(H,29,30)(H,31,32). The number of carbonyl (C=O) groups is 3. The van der Waals surface area contributed by atoms with E-state index in [9.17, 15) is 19.5 Å². The summed E-state index contributed by atoms with van der Waals surface area (Å²) in [7, 11) is 1.33. The summed E-state index contributed by atoms with van der Waals surface area (Å²) in [5.74, 6) is -1.81. The van der Waals surface area contributed by atoms with Gasteiger partial charge in [-0.2, -0.15) is 0 Å². The highest BCUT2D eigenvalue weighted by Crippen LogP contribution is 2.44. The first-order valence-electron chi connectivity index (χ1n) is 11.2. The number of methoxy groups -OCH3 is 1. The van der Waals surface area contributed by atoms with Gasteiger partial charge in [-0.15, -0.1) is 0 Å². The summed E-state index contributed by atoms with van der Waals surface area (Å²) >= 11 is 0. The van der Waals surface area contributed by atoms with E-state index < -0.39 is 24.1 Å². The smallest absolute Gasteiger partial charge is 0.407 e. The fourth-order valence-electron chi connectivity index (χ4n) is 4.38. The van der Waals surface area contributed by atoms with E-state index in [0.29, 0.717) is 5.56 Å². The summed E-state index contributed by atoms with van der Waals surface area (Å²) in [5, 5.41) is 14.6. The van der Waals surface area contributed by atoms with Crippen molar-refractivity contribution in [3.63, 3.8) is 0 Å². The Bertz CT molecular complexity index is 1230. The minimum atomic E-state index is -1.15. The van der Waals surface area contributed by atoms with Crippen molar-refractivity contribution in [2.75, 3.05) is 25.6 Å². The lowest BCUT2D eigenvalue weighted by Crippen LogP contribution is -2.41. The number of aryl methyl sites for hydroxylation is 1. The van der Waals surface area contributed by atoms with Crippen LogP contribution in [0.3, 0.4) is 0 Å². The van der Waals surface area contributed by atoms with Gasteiger partial charge in [0.05, 0.1) is 17.8 Å². The summed E-state index contributed by atoms with van der Waals surface area (Å²) in [5.41, 5.74) is 5.13. The number of carboxylic acids is 1. The lowest BCUT2D eigenvalue weighted by Gasteiger charge is -2.18. The van der Waals surface area contributed by atoms with Gasteiger partial charge in [0.1, 0.15) is 6.61 Å². The van der Waals surface area contributed by atoms with Crippen LogP contribution in [0.2, 0.25) is 0 Å². The minimum absolute atomic E-state index is 0.000183. The molecule has 0 fully saturated rings. The SMILES string of the molecule is COC(CNC(=O)OCC1c2ccccc2-c2ccccc21)C(=O)Nc1cccc(C)c1C(=O)O. The Morgan fingerprint density at radius 2 is 1.57 bits per heavy atom. The molecule has 180 valence electrons. The van der Waals surface area contributed by atoms with Gasteiger partial charge in [0, 0.05) is 13.0 Å². The number of ether oxygens (including phenoxy) is 2. The van der Waals surface area contributed by atoms with Crippen LogP contribution in [0.5, 0.6) is 0 Å². The van der Waals surface area contributed by atoms with Crippen LogP contribution >= 0.6 is 0 Å². The molecule has 0 heterocycles. The number of hydrogen-bond donors (Lipinski definition) is 3. The second-order valence-electron chi connectivity index (χ2n) is 8.22. The molecule has 4 rings (SSSR count). The number of alkyl carbamates (subject to hydrolysis) is 1. The molecule has 8 heteroatoms. The van der Waals surface area contributed by atoms with Crippen molar-refractivity contribution in [2.45, 2.75) is 18.9 Å². The number of benzene rings is 3. The van der Waals surface area contributed by atoms with Gasteiger partial charge in [0.25, 0.3) is 5.91 Å². The largest absolute Gasteiger partial charge is 0.478 e. The van der Waals surface area contributed by atoms with Gasteiger partial charge in [-0.25, -0.2) is 9.59 Å². The Labute approximate surface area is 202 Å². The predicted octanol–water partition coefficient (Wildman–Crippen LogP) is 4.19. The molecule has 3 aromatic rings. The Morgan fingerprint density at radius 3 is 2.17 bits per heavy atom. The number of anilines is 1. The molecule has 0 aliphatic heterocycles. The number of aromatic carboxylic acids is 1. The average Bonchev–Trinajstić information content (AvgIpc) is 3.16. The normalized spacial score (nSPS) is 12.9. The number of nitrogens with one attached hydrogen (secondary N) is 2. The van der Waals surface area contributed by atoms with Crippen molar-refractivity contribution in [3.8, 4) is 11.1 Å². The second-order valence-corrected chi connectivity index (χ2v) is 8.22. The Hall–Kier alpha value is -4.17. The molecule has 3 aromatic carbocycles. The lowest BCUT2D eigenvalue weighted by atomic mass is 9.98. The predicted molar refractivity (Wildman–Crippen MR) is 131 cm³/mol. The second kappa shape index (κ2) is 10.4. The van der Waals surface area contributed by atoms with E-state index in [2.05, 4.69) is 22.8 Å². The van der Waals surface area contributed by atoms with Crippen LogP contribution in [0.4, 0.5) is 10.5 Å². The topological polar surface area (TPSA) is 114 Å². The zero-order chi connectivity index (χ0) is 24.9. The fourth-order valence-corrected chi connectivity index (χ4v) is 4.38. The van der Waals surface area contributed by atoms with Gasteiger partial charge < -0.3 is 25.2 Å². The molecular formula is C27H26N2O6. The maximum atomic E-state index is 12.7. The quantitative estimate of drug-likeness (QED) is 0.451. The van der Waals surface area contributed by atoms with E-state index in [4.69, 9.17) is 9.47 Å². The number of fused-ring (bicyclic) bond motifs is 3. The Morgan fingerprint density at radius 1 is 0.943 bits per heavy atom. The van der Waals surface area contributed by atoms with Gasteiger partial charge in [0.2, 0.25) is 0 Å². The minimum Gasteiger partial charge on any atom is -0.478 e. The highest BCUT2D eigenvalue weighted by Gasteiger charge is 2.29. The number of amides is 2. The van der Waals surface area contributed by atoms with Crippen LogP contribution in [0.15, 0.2) is 66.7 Å². The summed E-state index contributed by atoms with van der Waals surface area (Å²) in [6.45, 7) is 1.65. The Kier molecular flexibility index (Phi) is 7.12. The zero-order valence-electron chi connectivity index (χ0n) is 19.4. The van der Waals surface area contributed by atoms with Crippen molar-refractivity contribution in [3.05, 3.63) is 89.0 Å². The maximum absolute atomic E-state index is 12.7. The first-order chi connectivity index (χ1) is 16.9. The van der Waals surface area contributed by atoms with E-state index in [1.165, 1.54) is 13.2 Å². The van der Waals surface area contributed by atoms with Crippen molar-refractivity contribution in [2.24, 2.45) is 0 Å². The van der Waals surface area contributed by atoms with Crippen LogP contribution in [-0.4, -0.2) is 49.4 Å². The third-order valence-corrected chi connectivity index (χ3v) is 6.10. The van der Waals surface area contributed by atoms with Crippen LogP contribution in [-0.2, 0) is 14.3 Å². The summed E-state index contributed by atoms with van der Waals surface area (Å²) in [6, 6.07) is 20.9. The first-order valence-corrected chi connectivity index (χ1v) is 11.2. The average molecular weight is 475 g/mol. The third kappa shape index (κ3) is 5.02. The molecule has 0 aromatic heterocycles. The fraction of sp³-hybridized carbons (Fsp3) is 0.222. The monoisotopic (exact) mass is 474 g/mol. The Balaban J connectivity index is 1.35. The first kappa shape index (κ1) is 24.0. The van der Waals surface area contributed by atoms with Crippen molar-refractivity contribution >= 4 is 23.7 Å². The number of carbonyl (C=O) groups excluding carboxylic acids is 2. The lowest BCUT2D eigenvalue weighted by molar-refractivity contribution is -0.125. The molecule has 8 nitrogen and oxygen atoms in total. The third-order valence-electron chi connectivity index (χ3n) is 6.10. The van der Waals surface area contributed by atoms with Crippen LogP contribution in [0.1, 0.15) is 33.0 Å². The van der Waals surface area contributed by atoms with Crippen LogP contribution in [0.25, 0.3) is 11.1 Å². The zero-order valence-corrected chi connectivity index (χ0v) is 19.4. The van der Waals surface area contributed by atoms with E-state index in [1.54, 1.807) is 19.1 Å². The molecular weight excluding hydrogens is 448 g/mol. The highest BCUT2D eigenvalue weighted by molar-refractivity contribution is 6.02. The number of rotatable bonds is 8.